The molecule has 0 saturated carbocycles. The Balaban J connectivity index is 2.20. The van der Waals surface area contributed by atoms with Gasteiger partial charge < -0.3 is 34.6 Å². The predicted molar refractivity (Wildman–Crippen MR) is 136 cm³/mol. The molecule has 1 fully saturated rings. The fourth-order valence-corrected chi connectivity index (χ4v) is 4.94. The molecule has 0 aromatic rings. The van der Waals surface area contributed by atoms with Crippen LogP contribution in [-0.2, 0) is 29.1 Å². The van der Waals surface area contributed by atoms with Crippen LogP contribution in [0.25, 0.3) is 0 Å². The zero-order valence-corrected chi connectivity index (χ0v) is 22.9. The van der Waals surface area contributed by atoms with Gasteiger partial charge in [0.25, 0.3) is 10.1 Å². The first-order valence-corrected chi connectivity index (χ1v) is 15.3. The van der Waals surface area contributed by atoms with E-state index < -0.39 is 65.3 Å². The van der Waals surface area contributed by atoms with Crippen LogP contribution < -0.4 is 0 Å². The van der Waals surface area contributed by atoms with Crippen molar-refractivity contribution in [1.82, 2.24) is 0 Å². The second-order valence-electron chi connectivity index (χ2n) is 9.88. The minimum atomic E-state index is -4.55. The zero-order chi connectivity index (χ0) is 27.7. The van der Waals surface area contributed by atoms with Crippen LogP contribution in [0.15, 0.2) is 0 Å². The SMILES string of the molecule is CCCCCCCCCCCCCCCC(=O)OC[C@@H](CO)O[C@@H]1O[C@H](CS(=O)(=O)O)[C@@H](O)[C@H](O)[C@H]1O. The number of hydrogen-bond donors (Lipinski definition) is 5. The molecular formula is C25H48O11S. The monoisotopic (exact) mass is 556 g/mol. The van der Waals surface area contributed by atoms with Crippen molar-refractivity contribution < 1.29 is 52.4 Å². The van der Waals surface area contributed by atoms with Crippen molar-refractivity contribution in [3.8, 4) is 0 Å². The van der Waals surface area contributed by atoms with Crippen molar-refractivity contribution in [3.05, 3.63) is 0 Å². The molecule has 1 heterocycles. The lowest BCUT2D eigenvalue weighted by molar-refractivity contribution is -0.307. The quantitative estimate of drug-likeness (QED) is 0.0793. The molecule has 6 atom stereocenters. The van der Waals surface area contributed by atoms with E-state index in [-0.39, 0.29) is 13.0 Å². The molecule has 0 amide bonds. The van der Waals surface area contributed by atoms with Gasteiger partial charge in [-0.1, -0.05) is 84.0 Å². The Morgan fingerprint density at radius 3 is 1.84 bits per heavy atom. The Kier molecular flexibility index (Phi) is 17.8. The van der Waals surface area contributed by atoms with Crippen LogP contribution in [0.3, 0.4) is 0 Å². The number of unbranched alkanes of at least 4 members (excludes halogenated alkanes) is 12. The molecule has 11 nitrogen and oxygen atoms in total. The van der Waals surface area contributed by atoms with E-state index in [1.54, 1.807) is 0 Å². The van der Waals surface area contributed by atoms with E-state index in [1.165, 1.54) is 57.8 Å². The van der Waals surface area contributed by atoms with Crippen molar-refractivity contribution >= 4 is 16.1 Å². The summed E-state index contributed by atoms with van der Waals surface area (Å²) in [6, 6.07) is 0. The topological polar surface area (TPSA) is 180 Å². The maximum atomic E-state index is 12.0. The second-order valence-corrected chi connectivity index (χ2v) is 11.4. The summed E-state index contributed by atoms with van der Waals surface area (Å²) in [6.45, 7) is 1.27. The molecule has 0 unspecified atom stereocenters. The van der Waals surface area contributed by atoms with E-state index in [0.29, 0.717) is 6.42 Å². The zero-order valence-electron chi connectivity index (χ0n) is 22.1. The summed E-state index contributed by atoms with van der Waals surface area (Å²) in [7, 11) is -4.55. The highest BCUT2D eigenvalue weighted by molar-refractivity contribution is 7.85. The van der Waals surface area contributed by atoms with Crippen LogP contribution in [0.1, 0.15) is 96.8 Å². The van der Waals surface area contributed by atoms with Gasteiger partial charge in [0.15, 0.2) is 6.29 Å². The minimum Gasteiger partial charge on any atom is -0.463 e. The van der Waals surface area contributed by atoms with Gasteiger partial charge in [0.1, 0.15) is 42.9 Å². The van der Waals surface area contributed by atoms with Crippen molar-refractivity contribution in [1.29, 1.82) is 0 Å². The molecule has 1 aliphatic heterocycles. The second kappa shape index (κ2) is 19.2. The van der Waals surface area contributed by atoms with E-state index in [1.807, 2.05) is 0 Å². The van der Waals surface area contributed by atoms with Crippen LogP contribution in [0.5, 0.6) is 0 Å². The summed E-state index contributed by atoms with van der Waals surface area (Å²) in [4.78, 5) is 12.0. The summed E-state index contributed by atoms with van der Waals surface area (Å²) in [5.74, 6) is -1.50. The number of aliphatic hydroxyl groups is 4. The Morgan fingerprint density at radius 1 is 0.838 bits per heavy atom. The number of hydrogen-bond acceptors (Lipinski definition) is 10. The number of ether oxygens (including phenoxy) is 3. The summed E-state index contributed by atoms with van der Waals surface area (Å²) in [6.07, 6.45) is 6.05. The van der Waals surface area contributed by atoms with E-state index in [4.69, 9.17) is 18.8 Å². The lowest BCUT2D eigenvalue weighted by atomic mass is 10.00. The summed E-state index contributed by atoms with van der Waals surface area (Å²) < 4.78 is 46.9. The minimum absolute atomic E-state index is 0.222. The highest BCUT2D eigenvalue weighted by atomic mass is 32.2. The van der Waals surface area contributed by atoms with Crippen LogP contribution in [0.2, 0.25) is 0 Å². The normalized spacial score (nSPS) is 25.2. The summed E-state index contributed by atoms with van der Waals surface area (Å²) in [5.41, 5.74) is 0. The number of carbonyl (C=O) groups excluding carboxylic acids is 1. The van der Waals surface area contributed by atoms with Crippen molar-refractivity contribution in [3.63, 3.8) is 0 Å². The third-order valence-electron chi connectivity index (χ3n) is 6.49. The third-order valence-corrected chi connectivity index (χ3v) is 7.24. The number of carbonyl (C=O) groups is 1. The molecule has 0 spiro atoms. The van der Waals surface area contributed by atoms with Crippen molar-refractivity contribution in [2.24, 2.45) is 0 Å². The standard InChI is InChI=1S/C25H48O11S/c1-2-3-4-5-6-7-8-9-10-11-12-13-14-15-21(27)34-17-19(16-26)35-25-24(30)23(29)22(28)20(36-25)18-37(31,32)33/h19-20,22-26,28-30H,2-18H2,1H3,(H,31,32,33)/t19-,20-,22-,23+,24-,25-/m1/s1. The molecule has 0 radical (unpaired) electrons. The van der Waals surface area contributed by atoms with Crippen LogP contribution in [0, 0.1) is 0 Å². The van der Waals surface area contributed by atoms with E-state index in [9.17, 15) is 33.6 Å². The van der Waals surface area contributed by atoms with Crippen LogP contribution >= 0.6 is 0 Å². The van der Waals surface area contributed by atoms with Gasteiger partial charge in [-0.3, -0.25) is 9.35 Å². The average molecular weight is 557 g/mol. The van der Waals surface area contributed by atoms with Gasteiger partial charge >= 0.3 is 5.97 Å². The van der Waals surface area contributed by atoms with Crippen LogP contribution in [0.4, 0.5) is 0 Å². The van der Waals surface area contributed by atoms with E-state index in [2.05, 4.69) is 6.92 Å². The first-order chi connectivity index (χ1) is 17.6. The Hall–Kier alpha value is -0.860. The fraction of sp³-hybridized carbons (Fsp3) is 0.960. The summed E-state index contributed by atoms with van der Waals surface area (Å²) in [5, 5.41) is 39.4. The number of esters is 1. The maximum Gasteiger partial charge on any atom is 0.305 e. The first-order valence-electron chi connectivity index (χ1n) is 13.7. The molecule has 12 heteroatoms. The van der Waals surface area contributed by atoms with Gasteiger partial charge in [0, 0.05) is 6.42 Å². The molecule has 0 aromatic heterocycles. The lowest BCUT2D eigenvalue weighted by Crippen LogP contribution is -2.60. The molecule has 1 aliphatic rings. The Bertz CT molecular complexity index is 703. The van der Waals surface area contributed by atoms with E-state index in [0.717, 1.165) is 19.3 Å². The molecule has 0 aromatic carbocycles. The molecule has 0 bridgehead atoms. The van der Waals surface area contributed by atoms with E-state index >= 15 is 0 Å². The van der Waals surface area contributed by atoms with Gasteiger partial charge in [-0.25, -0.2) is 0 Å². The fourth-order valence-electron chi connectivity index (χ4n) is 4.24. The van der Waals surface area contributed by atoms with Gasteiger partial charge in [0.05, 0.1) is 6.61 Å². The molecule has 220 valence electrons. The maximum absolute atomic E-state index is 12.0. The summed E-state index contributed by atoms with van der Waals surface area (Å²) >= 11 is 0. The van der Waals surface area contributed by atoms with Crippen LogP contribution in [-0.4, -0.2) is 95.1 Å². The molecule has 0 aliphatic carbocycles. The highest BCUT2D eigenvalue weighted by Gasteiger charge is 2.46. The molecule has 37 heavy (non-hydrogen) atoms. The molecule has 5 N–H and O–H groups in total. The molecular weight excluding hydrogens is 508 g/mol. The Morgan fingerprint density at radius 2 is 1.35 bits per heavy atom. The Labute approximate surface area is 221 Å². The lowest BCUT2D eigenvalue weighted by Gasteiger charge is -2.40. The third kappa shape index (κ3) is 15.4. The van der Waals surface area contributed by atoms with Crippen molar-refractivity contribution in [2.45, 2.75) is 134 Å². The molecule has 1 saturated heterocycles. The number of rotatable bonds is 21. The van der Waals surface area contributed by atoms with Gasteiger partial charge in [0.2, 0.25) is 0 Å². The molecule has 1 rings (SSSR count). The predicted octanol–water partition coefficient (Wildman–Crippen LogP) is 2.08. The smallest absolute Gasteiger partial charge is 0.305 e. The number of aliphatic hydroxyl groups excluding tert-OH is 4. The highest BCUT2D eigenvalue weighted by Crippen LogP contribution is 2.24. The van der Waals surface area contributed by atoms with Gasteiger partial charge in [-0.15, -0.1) is 0 Å². The largest absolute Gasteiger partial charge is 0.463 e. The van der Waals surface area contributed by atoms with Gasteiger partial charge in [-0.05, 0) is 6.42 Å². The van der Waals surface area contributed by atoms with Crippen molar-refractivity contribution in [2.75, 3.05) is 19.0 Å². The first kappa shape index (κ1) is 34.2. The van der Waals surface area contributed by atoms with Gasteiger partial charge in [-0.2, -0.15) is 8.42 Å². The average Bonchev–Trinajstić information content (AvgIpc) is 2.85.